The van der Waals surface area contributed by atoms with Crippen LogP contribution in [0.5, 0.6) is 0 Å². The Hall–Kier alpha value is -5.23. The van der Waals surface area contributed by atoms with Crippen LogP contribution in [0.1, 0.15) is 213 Å². The second kappa shape index (κ2) is 59.3. The summed E-state index contributed by atoms with van der Waals surface area (Å²) in [5.41, 5.74) is 0. The summed E-state index contributed by atoms with van der Waals surface area (Å²) in [7, 11) is 0. The van der Waals surface area contributed by atoms with Crippen LogP contribution in [0.3, 0.4) is 0 Å². The van der Waals surface area contributed by atoms with Crippen LogP contribution in [0.25, 0.3) is 0 Å². The van der Waals surface area contributed by atoms with Crippen molar-refractivity contribution in [3.8, 4) is 0 Å². The quantitative estimate of drug-likeness (QED) is 0.0261. The third-order valence-electron chi connectivity index (χ3n) is 11.2. The van der Waals surface area contributed by atoms with Gasteiger partial charge in [-0.2, -0.15) is 0 Å². The number of ether oxygens (including phenoxy) is 3. The molecule has 0 heterocycles. The van der Waals surface area contributed by atoms with Crippen molar-refractivity contribution in [2.75, 3.05) is 13.2 Å². The zero-order valence-corrected chi connectivity index (χ0v) is 46.3. The van der Waals surface area contributed by atoms with E-state index in [0.29, 0.717) is 19.3 Å². The fourth-order valence-corrected chi connectivity index (χ4v) is 6.98. The molecule has 0 aliphatic rings. The molecule has 0 radical (unpaired) electrons. The highest BCUT2D eigenvalue weighted by Gasteiger charge is 2.19. The molecule has 0 saturated heterocycles. The second-order valence-electron chi connectivity index (χ2n) is 18.1. The molecule has 6 heteroatoms. The van der Waals surface area contributed by atoms with E-state index in [4.69, 9.17) is 14.2 Å². The van der Waals surface area contributed by atoms with Crippen molar-refractivity contribution in [3.63, 3.8) is 0 Å². The summed E-state index contributed by atoms with van der Waals surface area (Å²) in [4.78, 5) is 38.1. The van der Waals surface area contributed by atoms with Crippen LogP contribution in [0, 0.1) is 0 Å². The topological polar surface area (TPSA) is 78.9 Å². The lowest BCUT2D eigenvalue weighted by atomic mass is 10.1. The van der Waals surface area contributed by atoms with E-state index in [-0.39, 0.29) is 50.4 Å². The van der Waals surface area contributed by atoms with Gasteiger partial charge in [-0.1, -0.05) is 229 Å². The molecule has 406 valence electrons. The van der Waals surface area contributed by atoms with Crippen LogP contribution < -0.4 is 0 Å². The monoisotopic (exact) mass is 1000 g/mol. The van der Waals surface area contributed by atoms with Gasteiger partial charge in [-0.3, -0.25) is 14.4 Å². The average molecular weight is 1000 g/mol. The van der Waals surface area contributed by atoms with E-state index in [1.807, 2.05) is 12.2 Å². The Kier molecular flexibility index (Phi) is 55.1. The molecule has 1 atom stereocenters. The molecule has 0 N–H and O–H groups in total. The van der Waals surface area contributed by atoms with Gasteiger partial charge in [-0.05, 0) is 135 Å². The normalized spacial score (nSPS) is 13.4. The number of rotatable bonds is 49. The number of esters is 3. The fraction of sp³-hybridized carbons (Fsp3) is 0.537. The molecule has 0 aromatic heterocycles. The van der Waals surface area contributed by atoms with E-state index < -0.39 is 6.10 Å². The molecule has 0 aliphatic carbocycles. The van der Waals surface area contributed by atoms with Crippen LogP contribution in [0.4, 0.5) is 0 Å². The summed E-state index contributed by atoms with van der Waals surface area (Å²) < 4.78 is 16.7. The standard InChI is InChI=1S/C67H102O6/c1-4-7-10-13-16-19-22-25-28-31-33-36-39-42-45-48-51-54-57-60-66(69)72-63-64(62-71-65(68)59-56-53-50-47-44-41-38-35-30-27-24-21-18-15-12-9-6-3)73-67(70)61-58-55-52-49-46-43-40-37-34-32-29-26-23-20-17-14-11-8-5-2/h7-8,10-11,16-17,19-20,25-30,33-34,36-38,41-43,45-47,50-51,54,64H,4-6,9,12-15,18,21-24,31-32,35,39-40,44,48-49,52-53,55-63H2,1-3H3/b10-7-,11-8-,19-16-,20-17-,28-25-,29-26-,30-27-,36-33-,37-34-,41-38-,45-42-,46-43-,50-47-,54-51-/t64-/m0/s1. The Morgan fingerprint density at radius 3 is 0.959 bits per heavy atom. The van der Waals surface area contributed by atoms with Crippen molar-refractivity contribution >= 4 is 17.9 Å². The first-order valence-corrected chi connectivity index (χ1v) is 28.6. The van der Waals surface area contributed by atoms with Crippen LogP contribution in [0.15, 0.2) is 170 Å². The molecule has 73 heavy (non-hydrogen) atoms. The molecule has 0 aromatic carbocycles. The Morgan fingerprint density at radius 2 is 0.575 bits per heavy atom. The third-order valence-corrected chi connectivity index (χ3v) is 11.2. The Morgan fingerprint density at radius 1 is 0.288 bits per heavy atom. The maximum atomic E-state index is 12.9. The lowest BCUT2D eigenvalue weighted by molar-refractivity contribution is -0.166. The summed E-state index contributed by atoms with van der Waals surface area (Å²) in [5.74, 6) is -1.13. The van der Waals surface area contributed by atoms with Crippen molar-refractivity contribution in [1.29, 1.82) is 0 Å². The largest absolute Gasteiger partial charge is 0.462 e. The highest BCUT2D eigenvalue weighted by atomic mass is 16.6. The molecular weight excluding hydrogens is 901 g/mol. The van der Waals surface area contributed by atoms with Gasteiger partial charge in [0.15, 0.2) is 6.10 Å². The van der Waals surface area contributed by atoms with Crippen molar-refractivity contribution in [2.45, 2.75) is 219 Å². The minimum atomic E-state index is -0.857. The number of hydrogen-bond acceptors (Lipinski definition) is 6. The summed E-state index contributed by atoms with van der Waals surface area (Å²) in [5, 5.41) is 0. The smallest absolute Gasteiger partial charge is 0.306 e. The van der Waals surface area contributed by atoms with E-state index in [1.165, 1.54) is 44.9 Å². The van der Waals surface area contributed by atoms with E-state index in [1.54, 1.807) is 0 Å². The van der Waals surface area contributed by atoms with Gasteiger partial charge in [-0.25, -0.2) is 0 Å². The maximum absolute atomic E-state index is 12.9. The van der Waals surface area contributed by atoms with Gasteiger partial charge in [0, 0.05) is 19.3 Å². The van der Waals surface area contributed by atoms with Crippen LogP contribution in [-0.2, 0) is 28.6 Å². The van der Waals surface area contributed by atoms with Gasteiger partial charge < -0.3 is 14.2 Å². The molecule has 0 amide bonds. The van der Waals surface area contributed by atoms with E-state index in [2.05, 4.69) is 179 Å². The predicted octanol–water partition coefficient (Wildman–Crippen LogP) is 19.5. The summed E-state index contributed by atoms with van der Waals surface area (Å²) in [6.45, 7) is 6.25. The first-order valence-electron chi connectivity index (χ1n) is 28.6. The number of allylic oxidation sites excluding steroid dienone is 28. The zero-order valence-electron chi connectivity index (χ0n) is 46.3. The summed E-state index contributed by atoms with van der Waals surface area (Å²) in [6, 6.07) is 0. The zero-order chi connectivity index (χ0) is 52.9. The second-order valence-corrected chi connectivity index (χ2v) is 18.1. The molecule has 0 bridgehead atoms. The van der Waals surface area contributed by atoms with Gasteiger partial charge in [0.05, 0.1) is 0 Å². The van der Waals surface area contributed by atoms with Gasteiger partial charge in [0.1, 0.15) is 13.2 Å². The van der Waals surface area contributed by atoms with Gasteiger partial charge >= 0.3 is 17.9 Å². The lowest BCUT2D eigenvalue weighted by Crippen LogP contribution is -2.30. The lowest BCUT2D eigenvalue weighted by Gasteiger charge is -2.18. The number of hydrogen-bond donors (Lipinski definition) is 0. The van der Waals surface area contributed by atoms with Crippen LogP contribution in [0.2, 0.25) is 0 Å². The van der Waals surface area contributed by atoms with Gasteiger partial charge in [-0.15, -0.1) is 0 Å². The van der Waals surface area contributed by atoms with Crippen LogP contribution in [-0.4, -0.2) is 37.2 Å². The highest BCUT2D eigenvalue weighted by Crippen LogP contribution is 2.11. The summed E-state index contributed by atoms with van der Waals surface area (Å²) in [6.07, 6.45) is 87.9. The third kappa shape index (κ3) is 57.5. The molecule has 0 spiro atoms. The Bertz CT molecular complexity index is 1720. The highest BCUT2D eigenvalue weighted by molar-refractivity contribution is 5.71. The molecule has 0 saturated carbocycles. The van der Waals surface area contributed by atoms with E-state index in [0.717, 1.165) is 109 Å². The SMILES string of the molecule is CC/C=C\C/C=C\C/C=C\C/C=C\C/C=C\C/C=C\CCC(=O)OC[C@H](COC(=O)CCC/C=C\C/C=C\C/C=C\CCCCCCCC)OC(=O)CCCCC/C=C\C/C=C\C/C=C\C/C=C\C/C=C\CC. The minimum absolute atomic E-state index is 0.150. The van der Waals surface area contributed by atoms with E-state index >= 15 is 0 Å². The molecule has 6 nitrogen and oxygen atoms in total. The van der Waals surface area contributed by atoms with Crippen molar-refractivity contribution < 1.29 is 28.6 Å². The molecule has 0 unspecified atom stereocenters. The molecule has 0 rings (SSSR count). The maximum Gasteiger partial charge on any atom is 0.306 e. The molecule has 0 aliphatic heterocycles. The van der Waals surface area contributed by atoms with E-state index in [9.17, 15) is 14.4 Å². The van der Waals surface area contributed by atoms with Gasteiger partial charge in [0.25, 0.3) is 0 Å². The number of unbranched alkanes of at least 4 members (excludes halogenated alkanes) is 10. The Balaban J connectivity index is 4.68. The number of carbonyl (C=O) groups excluding carboxylic acids is 3. The summed E-state index contributed by atoms with van der Waals surface area (Å²) >= 11 is 0. The molecule has 0 aromatic rings. The first kappa shape index (κ1) is 67.8. The fourth-order valence-electron chi connectivity index (χ4n) is 6.98. The van der Waals surface area contributed by atoms with Crippen LogP contribution >= 0.6 is 0 Å². The van der Waals surface area contributed by atoms with Crippen molar-refractivity contribution in [2.24, 2.45) is 0 Å². The first-order chi connectivity index (χ1) is 36.0. The van der Waals surface area contributed by atoms with Crippen molar-refractivity contribution in [3.05, 3.63) is 170 Å². The average Bonchev–Trinajstić information content (AvgIpc) is 3.39. The number of carbonyl (C=O) groups is 3. The Labute approximate surface area is 447 Å². The molecular formula is C67H102O6. The van der Waals surface area contributed by atoms with Crippen molar-refractivity contribution in [1.82, 2.24) is 0 Å². The molecule has 0 fully saturated rings. The predicted molar refractivity (Wildman–Crippen MR) is 315 cm³/mol. The van der Waals surface area contributed by atoms with Gasteiger partial charge in [0.2, 0.25) is 0 Å². The minimum Gasteiger partial charge on any atom is -0.462 e.